The second-order valence-corrected chi connectivity index (χ2v) is 12.9. The van der Waals surface area contributed by atoms with Gasteiger partial charge in [-0.25, -0.2) is 8.42 Å². The highest BCUT2D eigenvalue weighted by atomic mass is 32.2. The van der Waals surface area contributed by atoms with Gasteiger partial charge in [-0.15, -0.1) is 0 Å². The van der Waals surface area contributed by atoms with Gasteiger partial charge in [0.1, 0.15) is 0 Å². The number of nitrogens with zero attached hydrogens (tertiary/aromatic N) is 3. The fraction of sp³-hybridized carbons (Fsp3) is 0.438. The minimum atomic E-state index is -4.52. The summed E-state index contributed by atoms with van der Waals surface area (Å²) in [4.78, 5) is 7.38. The highest BCUT2D eigenvalue weighted by molar-refractivity contribution is 7.92. The monoisotopic (exact) mass is 600 g/mol. The smallest absolute Gasteiger partial charge is 0.369 e. The van der Waals surface area contributed by atoms with Gasteiger partial charge >= 0.3 is 6.18 Å². The van der Waals surface area contributed by atoms with E-state index in [0.29, 0.717) is 11.7 Å². The van der Waals surface area contributed by atoms with Crippen molar-refractivity contribution < 1.29 is 21.6 Å². The number of hydrogen-bond donors (Lipinski definition) is 1. The first kappa shape index (κ1) is 30.4. The number of rotatable bonds is 10. The Morgan fingerprint density at radius 1 is 0.905 bits per heavy atom. The molecule has 0 radical (unpaired) electrons. The van der Waals surface area contributed by atoms with Crippen LogP contribution in [0.4, 0.5) is 24.5 Å². The van der Waals surface area contributed by atoms with Crippen molar-refractivity contribution in [1.29, 1.82) is 0 Å². The molecule has 1 N–H and O–H groups in total. The zero-order chi connectivity index (χ0) is 29.7. The predicted molar refractivity (Wildman–Crippen MR) is 161 cm³/mol. The minimum absolute atomic E-state index is 0.204. The second kappa shape index (κ2) is 13.1. The maximum atomic E-state index is 12.9. The summed E-state index contributed by atoms with van der Waals surface area (Å²) in [6.07, 6.45) is -0.619. The van der Waals surface area contributed by atoms with Crippen molar-refractivity contribution in [3.63, 3.8) is 0 Å². The van der Waals surface area contributed by atoms with Gasteiger partial charge in [-0.2, -0.15) is 13.2 Å². The molecule has 0 amide bonds. The van der Waals surface area contributed by atoms with E-state index in [1.54, 1.807) is 6.07 Å². The molecule has 1 heterocycles. The predicted octanol–water partition coefficient (Wildman–Crippen LogP) is 5.90. The molecule has 1 aliphatic carbocycles. The molecule has 1 unspecified atom stereocenters. The fourth-order valence-electron chi connectivity index (χ4n) is 6.05. The van der Waals surface area contributed by atoms with E-state index in [1.807, 2.05) is 18.2 Å². The topological polar surface area (TPSA) is 55.9 Å². The van der Waals surface area contributed by atoms with E-state index >= 15 is 0 Å². The highest BCUT2D eigenvalue weighted by Gasteiger charge is 2.31. The molecule has 1 fully saturated rings. The molecule has 226 valence electrons. The molecule has 2 aliphatic rings. The zero-order valence-corrected chi connectivity index (χ0v) is 24.8. The van der Waals surface area contributed by atoms with Gasteiger partial charge in [-0.05, 0) is 91.9 Å². The molecule has 0 spiro atoms. The molecule has 1 aliphatic heterocycles. The third kappa shape index (κ3) is 7.46. The Labute approximate surface area is 247 Å². The number of halogens is 3. The Hall–Kier alpha value is -3.08. The van der Waals surface area contributed by atoms with Crippen LogP contribution >= 0.6 is 0 Å². The van der Waals surface area contributed by atoms with Gasteiger partial charge in [0.2, 0.25) is 0 Å². The Balaban J connectivity index is 1.19. The summed E-state index contributed by atoms with van der Waals surface area (Å²) >= 11 is 0. The van der Waals surface area contributed by atoms with Crippen molar-refractivity contribution in [2.45, 2.75) is 49.7 Å². The van der Waals surface area contributed by atoms with Crippen LogP contribution < -0.4 is 9.62 Å². The van der Waals surface area contributed by atoms with Crippen LogP contribution in [-0.4, -0.2) is 70.1 Å². The number of sulfonamides is 1. The second-order valence-electron chi connectivity index (χ2n) is 11.2. The number of hydrogen-bond acceptors (Lipinski definition) is 5. The van der Waals surface area contributed by atoms with Crippen LogP contribution in [0.2, 0.25) is 0 Å². The van der Waals surface area contributed by atoms with E-state index in [2.05, 4.69) is 50.6 Å². The van der Waals surface area contributed by atoms with Crippen molar-refractivity contribution in [3.8, 4) is 0 Å². The Bertz CT molecular complexity index is 1420. The molecule has 6 nitrogen and oxygen atoms in total. The van der Waals surface area contributed by atoms with E-state index in [9.17, 15) is 21.6 Å². The van der Waals surface area contributed by atoms with Crippen molar-refractivity contribution in [2.75, 3.05) is 55.4 Å². The lowest BCUT2D eigenvalue weighted by Gasteiger charge is -2.39. The lowest BCUT2D eigenvalue weighted by Crippen LogP contribution is -2.50. The van der Waals surface area contributed by atoms with Crippen LogP contribution in [0.25, 0.3) is 0 Å². The Kier molecular flexibility index (Phi) is 9.44. The molecular weight excluding hydrogens is 561 g/mol. The van der Waals surface area contributed by atoms with Crippen LogP contribution in [0.15, 0.2) is 77.7 Å². The van der Waals surface area contributed by atoms with Crippen molar-refractivity contribution in [3.05, 3.63) is 89.5 Å². The van der Waals surface area contributed by atoms with Gasteiger partial charge in [-0.3, -0.25) is 14.5 Å². The molecule has 3 aromatic carbocycles. The number of benzene rings is 3. The van der Waals surface area contributed by atoms with Crippen molar-refractivity contribution in [1.82, 2.24) is 9.80 Å². The van der Waals surface area contributed by atoms with E-state index in [4.69, 9.17) is 0 Å². The third-order valence-corrected chi connectivity index (χ3v) is 9.77. The van der Waals surface area contributed by atoms with Crippen LogP contribution in [-0.2, 0) is 29.0 Å². The highest BCUT2D eigenvalue weighted by Crippen LogP contribution is 2.31. The summed E-state index contributed by atoms with van der Waals surface area (Å²) in [6, 6.07) is 20.1. The summed E-state index contributed by atoms with van der Waals surface area (Å²) in [5, 5.41) is 0. The van der Waals surface area contributed by atoms with E-state index in [0.717, 1.165) is 101 Å². The van der Waals surface area contributed by atoms with E-state index in [1.165, 1.54) is 11.3 Å². The number of aryl methyl sites for hydroxylation is 1. The molecule has 0 aromatic heterocycles. The van der Waals surface area contributed by atoms with Gasteiger partial charge in [0, 0.05) is 56.7 Å². The Morgan fingerprint density at radius 3 is 2.29 bits per heavy atom. The first-order valence-electron chi connectivity index (χ1n) is 14.7. The van der Waals surface area contributed by atoms with Gasteiger partial charge < -0.3 is 4.90 Å². The zero-order valence-electron chi connectivity index (χ0n) is 24.0. The van der Waals surface area contributed by atoms with Crippen LogP contribution in [0.3, 0.4) is 0 Å². The molecule has 10 heteroatoms. The summed E-state index contributed by atoms with van der Waals surface area (Å²) in [5.41, 5.74) is 3.17. The van der Waals surface area contributed by atoms with Crippen LogP contribution in [0.5, 0.6) is 0 Å². The average Bonchev–Trinajstić information content (AvgIpc) is 2.99. The molecule has 1 atom stereocenters. The summed E-state index contributed by atoms with van der Waals surface area (Å²) in [5.74, 6) is 0. The number of para-hydroxylation sites is 1. The van der Waals surface area contributed by atoms with E-state index in [-0.39, 0.29) is 4.90 Å². The van der Waals surface area contributed by atoms with Crippen LogP contribution in [0.1, 0.15) is 36.5 Å². The number of alkyl halides is 3. The minimum Gasteiger partial charge on any atom is -0.369 e. The molecule has 42 heavy (non-hydrogen) atoms. The molecule has 1 saturated heterocycles. The molecule has 0 bridgehead atoms. The van der Waals surface area contributed by atoms with Crippen molar-refractivity contribution in [2.24, 2.45) is 0 Å². The van der Waals surface area contributed by atoms with Crippen molar-refractivity contribution >= 4 is 21.4 Å². The first-order valence-corrected chi connectivity index (χ1v) is 16.2. The molecular formula is C32H39F3N4O2S. The van der Waals surface area contributed by atoms with Gasteiger partial charge in [0.25, 0.3) is 10.0 Å². The van der Waals surface area contributed by atoms with Gasteiger partial charge in [0.05, 0.1) is 10.5 Å². The van der Waals surface area contributed by atoms with Crippen LogP contribution in [0, 0.1) is 0 Å². The Morgan fingerprint density at radius 2 is 1.62 bits per heavy atom. The maximum Gasteiger partial charge on any atom is 0.416 e. The number of anilines is 2. The first-order chi connectivity index (χ1) is 20.1. The fourth-order valence-corrected chi connectivity index (χ4v) is 7.10. The molecule has 5 rings (SSSR count). The van der Waals surface area contributed by atoms with Gasteiger partial charge in [0.15, 0.2) is 0 Å². The summed E-state index contributed by atoms with van der Waals surface area (Å²) in [7, 11) is -4.02. The largest absolute Gasteiger partial charge is 0.416 e. The number of fused-ring (bicyclic) bond motifs is 1. The third-order valence-electron chi connectivity index (χ3n) is 8.38. The molecule has 3 aromatic rings. The maximum absolute atomic E-state index is 12.9. The van der Waals surface area contributed by atoms with Gasteiger partial charge in [-0.1, -0.05) is 31.2 Å². The number of nitrogens with one attached hydrogen (secondary N) is 1. The molecule has 0 saturated carbocycles. The SMILES string of the molecule is CCCN(CCN1CCN(c2ccccc2)CC1)C1CCc2ccc(NS(=O)(=O)c3ccc(C(F)(F)F)cc3)cc2C1. The quantitative estimate of drug-likeness (QED) is 0.314. The summed E-state index contributed by atoms with van der Waals surface area (Å²) in [6.45, 7) is 9.40. The van der Waals surface area contributed by atoms with E-state index < -0.39 is 21.8 Å². The summed E-state index contributed by atoms with van der Waals surface area (Å²) < 4.78 is 67.1. The lowest BCUT2D eigenvalue weighted by molar-refractivity contribution is -0.137. The average molecular weight is 601 g/mol. The lowest BCUT2D eigenvalue weighted by atomic mass is 9.87. The normalized spacial score (nSPS) is 18.2. The standard InChI is InChI=1S/C32H39F3N4O2S/c1-2-16-38(20-17-37-18-21-39(22-19-37)29-6-4-3-5-7-29)30-13-9-25-8-12-28(23-26(25)24-30)36-42(40,41)31-14-10-27(11-15-31)32(33,34)35/h3-8,10-12,14-15,23,30,36H,2,9,13,16-22,24H2,1H3. The number of piperazine rings is 1.